The number of sulfonamides is 1. The zero-order valence-corrected chi connectivity index (χ0v) is 15.1. The summed E-state index contributed by atoms with van der Waals surface area (Å²) in [6, 6.07) is 5.03. The molecular formula is C14H17N5O3S2. The highest BCUT2D eigenvalue weighted by molar-refractivity contribution is 7.99. The zero-order valence-electron chi connectivity index (χ0n) is 13.5. The third kappa shape index (κ3) is 3.16. The highest BCUT2D eigenvalue weighted by atomic mass is 32.2. The van der Waals surface area contributed by atoms with Gasteiger partial charge >= 0.3 is 0 Å². The Balaban J connectivity index is 1.79. The monoisotopic (exact) mass is 367 g/mol. The second kappa shape index (κ2) is 6.17. The Morgan fingerprint density at radius 3 is 2.79 bits per heavy atom. The molecule has 0 fully saturated rings. The van der Waals surface area contributed by atoms with Crippen LogP contribution in [-0.2, 0) is 23.5 Å². The third-order valence-corrected chi connectivity index (χ3v) is 6.11. The second-order valence-corrected chi connectivity index (χ2v) is 8.55. The molecule has 1 aliphatic heterocycles. The van der Waals surface area contributed by atoms with E-state index in [4.69, 9.17) is 0 Å². The number of anilines is 1. The van der Waals surface area contributed by atoms with E-state index in [1.165, 1.54) is 27.0 Å². The Bertz CT molecular complexity index is 894. The van der Waals surface area contributed by atoms with Gasteiger partial charge < -0.3 is 0 Å². The van der Waals surface area contributed by atoms with Gasteiger partial charge in [0, 0.05) is 18.7 Å². The fourth-order valence-corrected chi connectivity index (χ4v) is 4.85. The molecule has 1 aromatic heterocycles. The Morgan fingerprint density at radius 1 is 1.42 bits per heavy atom. The normalized spacial score (nSPS) is 17.1. The maximum Gasteiger partial charge on any atom is 0.232 e. The van der Waals surface area contributed by atoms with Crippen LogP contribution in [0, 0.1) is 0 Å². The minimum atomic E-state index is -3.32. The van der Waals surface area contributed by atoms with Crippen LogP contribution >= 0.6 is 11.8 Å². The summed E-state index contributed by atoms with van der Waals surface area (Å²) in [5.41, 5.74) is 2.11. The molecule has 1 atom stereocenters. The van der Waals surface area contributed by atoms with Gasteiger partial charge in [0.1, 0.15) is 0 Å². The van der Waals surface area contributed by atoms with E-state index in [9.17, 15) is 13.2 Å². The van der Waals surface area contributed by atoms with E-state index >= 15 is 0 Å². The predicted molar refractivity (Wildman–Crippen MR) is 90.8 cm³/mol. The van der Waals surface area contributed by atoms with Crippen LogP contribution in [0.4, 0.5) is 5.69 Å². The summed E-state index contributed by atoms with van der Waals surface area (Å²) >= 11 is 1.27. The molecule has 1 aromatic carbocycles. The number of aromatic nitrogens is 4. The fourth-order valence-electron chi connectivity index (χ4n) is 2.84. The summed E-state index contributed by atoms with van der Waals surface area (Å²) in [7, 11) is -1.61. The second-order valence-electron chi connectivity index (χ2n) is 5.75. The summed E-state index contributed by atoms with van der Waals surface area (Å²) in [6.07, 6.45) is 1.80. The summed E-state index contributed by atoms with van der Waals surface area (Å²) < 4.78 is 26.8. The van der Waals surface area contributed by atoms with Crippen molar-refractivity contribution in [3.63, 3.8) is 0 Å². The van der Waals surface area contributed by atoms with Gasteiger partial charge in [0.2, 0.25) is 15.2 Å². The molecule has 0 amide bonds. The average molecular weight is 367 g/mol. The van der Waals surface area contributed by atoms with E-state index in [2.05, 4.69) is 15.5 Å². The number of thioether (sulfide) groups is 1. The van der Waals surface area contributed by atoms with Gasteiger partial charge in [0.15, 0.2) is 5.78 Å². The van der Waals surface area contributed by atoms with E-state index in [0.717, 1.165) is 5.56 Å². The Hall–Kier alpha value is -1.94. The standard InChI is InChI=1S/C14H17N5O3S2/c1-9-6-11-7-10(4-5-12(11)19(9)24(3,21)22)13(20)8-23-14-15-16-17-18(14)2/h4-5,7,9H,6,8H2,1-3H3/t9-/m0/s1. The number of carbonyl (C=O) groups is 1. The zero-order chi connectivity index (χ0) is 17.5. The highest BCUT2D eigenvalue weighted by Gasteiger charge is 2.32. The lowest BCUT2D eigenvalue weighted by Crippen LogP contribution is -2.34. The number of hydrogen-bond donors (Lipinski definition) is 0. The largest absolute Gasteiger partial charge is 0.293 e. The molecule has 0 N–H and O–H groups in total. The summed E-state index contributed by atoms with van der Waals surface area (Å²) in [4.78, 5) is 12.4. The van der Waals surface area contributed by atoms with Gasteiger partial charge in [-0.05, 0) is 47.5 Å². The first-order valence-corrected chi connectivity index (χ1v) is 10.1. The molecule has 0 aliphatic carbocycles. The number of rotatable bonds is 5. The average Bonchev–Trinajstić information content (AvgIpc) is 3.05. The third-order valence-electron chi connectivity index (χ3n) is 3.83. The van der Waals surface area contributed by atoms with Crippen LogP contribution in [0.2, 0.25) is 0 Å². The number of fused-ring (bicyclic) bond motifs is 1. The Morgan fingerprint density at radius 2 is 2.17 bits per heavy atom. The minimum absolute atomic E-state index is 0.0451. The molecule has 0 bridgehead atoms. The lowest BCUT2D eigenvalue weighted by Gasteiger charge is -2.21. The van der Waals surface area contributed by atoms with Crippen molar-refractivity contribution in [3.05, 3.63) is 29.3 Å². The molecular weight excluding hydrogens is 350 g/mol. The van der Waals surface area contributed by atoms with E-state index in [-0.39, 0.29) is 17.6 Å². The van der Waals surface area contributed by atoms with E-state index in [1.54, 1.807) is 25.2 Å². The van der Waals surface area contributed by atoms with Crippen LogP contribution in [0.1, 0.15) is 22.8 Å². The lowest BCUT2D eigenvalue weighted by molar-refractivity contribution is 0.102. The number of Topliss-reactive ketones (excluding diaryl/α,β-unsaturated/α-hetero) is 1. The molecule has 2 heterocycles. The van der Waals surface area contributed by atoms with Crippen molar-refractivity contribution < 1.29 is 13.2 Å². The number of benzene rings is 1. The molecule has 128 valence electrons. The van der Waals surface area contributed by atoms with Gasteiger partial charge in [-0.15, -0.1) is 5.10 Å². The summed E-state index contributed by atoms with van der Waals surface area (Å²) in [6.45, 7) is 1.86. The van der Waals surface area contributed by atoms with E-state index in [0.29, 0.717) is 22.8 Å². The number of hydrogen-bond acceptors (Lipinski definition) is 7. The van der Waals surface area contributed by atoms with Crippen molar-refractivity contribution >= 4 is 33.3 Å². The smallest absolute Gasteiger partial charge is 0.232 e. The first kappa shape index (κ1) is 16.9. The molecule has 0 unspecified atom stereocenters. The summed E-state index contributed by atoms with van der Waals surface area (Å²) in [5, 5.41) is 11.6. The first-order valence-electron chi connectivity index (χ1n) is 7.28. The number of aryl methyl sites for hydroxylation is 1. The molecule has 0 spiro atoms. The van der Waals surface area contributed by atoms with E-state index in [1.807, 2.05) is 6.92 Å². The highest BCUT2D eigenvalue weighted by Crippen LogP contribution is 2.35. The minimum Gasteiger partial charge on any atom is -0.293 e. The molecule has 0 saturated carbocycles. The van der Waals surface area contributed by atoms with Gasteiger partial charge in [-0.1, -0.05) is 11.8 Å². The topological polar surface area (TPSA) is 98.1 Å². The van der Waals surface area contributed by atoms with Crippen molar-refractivity contribution in [1.82, 2.24) is 20.2 Å². The molecule has 3 rings (SSSR count). The van der Waals surface area contributed by atoms with Crippen molar-refractivity contribution in [2.45, 2.75) is 24.5 Å². The fraction of sp³-hybridized carbons (Fsp3) is 0.429. The van der Waals surface area contributed by atoms with Crippen molar-refractivity contribution in [1.29, 1.82) is 0 Å². The number of carbonyl (C=O) groups excluding carboxylic acids is 1. The quantitative estimate of drug-likeness (QED) is 0.572. The molecule has 0 radical (unpaired) electrons. The van der Waals surface area contributed by atoms with E-state index < -0.39 is 10.0 Å². The number of ketones is 1. The lowest BCUT2D eigenvalue weighted by atomic mass is 10.0. The van der Waals surface area contributed by atoms with Crippen molar-refractivity contribution in [2.75, 3.05) is 16.3 Å². The van der Waals surface area contributed by atoms with Gasteiger partial charge in [0.05, 0.1) is 17.7 Å². The molecule has 8 nitrogen and oxygen atoms in total. The van der Waals surface area contributed by atoms with Gasteiger partial charge in [-0.3, -0.25) is 9.10 Å². The van der Waals surface area contributed by atoms with Crippen LogP contribution in [0.5, 0.6) is 0 Å². The maximum absolute atomic E-state index is 12.4. The number of tetrazole rings is 1. The van der Waals surface area contributed by atoms with Crippen LogP contribution < -0.4 is 4.31 Å². The molecule has 24 heavy (non-hydrogen) atoms. The molecule has 2 aromatic rings. The number of nitrogens with zero attached hydrogens (tertiary/aromatic N) is 5. The summed E-state index contributed by atoms with van der Waals surface area (Å²) in [5.74, 6) is 0.175. The molecule has 0 saturated heterocycles. The SMILES string of the molecule is C[C@H]1Cc2cc(C(=O)CSc3nnnn3C)ccc2N1S(C)(=O)=O. The molecule has 10 heteroatoms. The van der Waals surface area contributed by atoms with Gasteiger partial charge in [-0.2, -0.15) is 0 Å². The Labute approximate surface area is 144 Å². The Kier molecular flexibility index (Phi) is 4.35. The van der Waals surface area contributed by atoms with Crippen molar-refractivity contribution in [3.8, 4) is 0 Å². The van der Waals surface area contributed by atoms with Crippen LogP contribution in [0.15, 0.2) is 23.4 Å². The van der Waals surface area contributed by atoms with Gasteiger partial charge in [-0.25, -0.2) is 13.1 Å². The van der Waals surface area contributed by atoms with Crippen LogP contribution in [-0.4, -0.2) is 52.5 Å². The van der Waals surface area contributed by atoms with Crippen LogP contribution in [0.25, 0.3) is 0 Å². The molecule has 1 aliphatic rings. The van der Waals surface area contributed by atoms with Gasteiger partial charge in [0.25, 0.3) is 0 Å². The van der Waals surface area contributed by atoms with Crippen molar-refractivity contribution in [2.24, 2.45) is 7.05 Å². The first-order chi connectivity index (χ1) is 11.3. The van der Waals surface area contributed by atoms with Crippen LogP contribution in [0.3, 0.4) is 0 Å². The predicted octanol–water partition coefficient (Wildman–Crippen LogP) is 0.896. The maximum atomic E-state index is 12.4.